The molecule has 5 heteroatoms. The van der Waals surface area contributed by atoms with Gasteiger partial charge in [0.2, 0.25) is 0 Å². The quantitative estimate of drug-likeness (QED) is 0.163. The molecule has 2 heterocycles. The molecule has 0 aliphatic heterocycles. The highest BCUT2D eigenvalue weighted by atomic mass is 32.2. The van der Waals surface area contributed by atoms with Crippen molar-refractivity contribution >= 4 is 11.8 Å². The molecule has 0 N–H and O–H groups in total. The van der Waals surface area contributed by atoms with Crippen LogP contribution >= 0.6 is 11.8 Å². The van der Waals surface area contributed by atoms with Gasteiger partial charge < -0.3 is 0 Å². The van der Waals surface area contributed by atoms with Crippen LogP contribution in [0.3, 0.4) is 0 Å². The van der Waals surface area contributed by atoms with Crippen LogP contribution in [0.2, 0.25) is 0 Å². The van der Waals surface area contributed by atoms with Crippen molar-refractivity contribution in [3.8, 4) is 33.9 Å². The fourth-order valence-electron chi connectivity index (χ4n) is 6.04. The van der Waals surface area contributed by atoms with Crippen molar-refractivity contribution in [3.63, 3.8) is 0 Å². The molecule has 2 aromatic heterocycles. The molecular weight excluding hydrogens is 569 g/mol. The summed E-state index contributed by atoms with van der Waals surface area (Å²) in [7, 11) is 0. The zero-order valence-corrected chi connectivity index (χ0v) is 28.1. The lowest BCUT2D eigenvalue weighted by Gasteiger charge is -2.22. The minimum absolute atomic E-state index is 0.353. The van der Waals surface area contributed by atoms with E-state index in [1.54, 1.807) is 11.8 Å². The monoisotopic (exact) mass is 610 g/mol. The zero-order valence-electron chi connectivity index (χ0n) is 27.3. The molecule has 0 atom stereocenters. The maximum absolute atomic E-state index is 5.32. The minimum atomic E-state index is 0.353. The summed E-state index contributed by atoms with van der Waals surface area (Å²) in [6.45, 7) is 15.8. The van der Waals surface area contributed by atoms with Gasteiger partial charge in [0.15, 0.2) is 10.3 Å². The van der Waals surface area contributed by atoms with Gasteiger partial charge in [-0.3, -0.25) is 9.13 Å². The number of aryl methyl sites for hydroxylation is 1. The molecule has 228 valence electrons. The van der Waals surface area contributed by atoms with E-state index in [9.17, 15) is 0 Å². The Morgan fingerprint density at radius 2 is 0.889 bits per heavy atom. The molecule has 0 bridgehead atoms. The Balaban J connectivity index is 1.60. The van der Waals surface area contributed by atoms with E-state index in [1.807, 2.05) is 0 Å². The molecule has 0 amide bonds. The summed E-state index contributed by atoms with van der Waals surface area (Å²) in [6.07, 6.45) is 4.41. The van der Waals surface area contributed by atoms with Crippen molar-refractivity contribution in [2.75, 3.05) is 0 Å². The van der Waals surface area contributed by atoms with Crippen molar-refractivity contribution in [1.82, 2.24) is 19.1 Å². The van der Waals surface area contributed by atoms with E-state index in [1.165, 1.54) is 33.6 Å². The molecule has 0 aliphatic carbocycles. The van der Waals surface area contributed by atoms with Crippen LogP contribution in [0, 0.1) is 6.92 Å². The highest BCUT2D eigenvalue weighted by Crippen LogP contribution is 2.40. The summed E-state index contributed by atoms with van der Waals surface area (Å²) in [5, 5.41) is 1.79. The Morgan fingerprint density at radius 1 is 0.489 bits per heavy atom. The van der Waals surface area contributed by atoms with Gasteiger partial charge in [0, 0.05) is 23.5 Å². The predicted molar refractivity (Wildman–Crippen MR) is 189 cm³/mol. The summed E-state index contributed by atoms with van der Waals surface area (Å²) in [6, 6.07) is 34.2. The van der Waals surface area contributed by atoms with Crippen molar-refractivity contribution in [2.24, 2.45) is 0 Å². The molecule has 0 fully saturated rings. The average molecular weight is 611 g/mol. The molecule has 0 radical (unpaired) electrons. The standard InChI is InChI=1S/C40H42N4S/c1-26(2)32-21-14-16-29(7)37(32)43-24-35(30-17-10-8-11-18-30)41-39(43)45-40-42-36(31-19-12-9-13-20-31)25-44(40)38-33(27(3)4)22-15-23-34(38)28(5)6/h8-28H,1-7H3. The van der Waals surface area contributed by atoms with E-state index >= 15 is 0 Å². The first-order chi connectivity index (χ1) is 21.7. The second-order valence-electron chi connectivity index (χ2n) is 12.7. The van der Waals surface area contributed by atoms with E-state index in [2.05, 4.69) is 167 Å². The maximum Gasteiger partial charge on any atom is 0.181 e. The molecule has 0 aliphatic rings. The zero-order chi connectivity index (χ0) is 31.7. The van der Waals surface area contributed by atoms with Crippen LogP contribution in [0.15, 0.2) is 120 Å². The van der Waals surface area contributed by atoms with Crippen molar-refractivity contribution < 1.29 is 0 Å². The van der Waals surface area contributed by atoms with Crippen LogP contribution in [0.5, 0.6) is 0 Å². The first-order valence-electron chi connectivity index (χ1n) is 15.9. The lowest BCUT2D eigenvalue weighted by molar-refractivity contribution is 0.774. The summed E-state index contributed by atoms with van der Waals surface area (Å²) in [5.74, 6) is 1.07. The number of imidazole rings is 2. The van der Waals surface area contributed by atoms with Crippen molar-refractivity contribution in [1.29, 1.82) is 0 Å². The summed E-state index contributed by atoms with van der Waals surface area (Å²) >= 11 is 1.64. The van der Waals surface area contributed by atoms with Crippen LogP contribution in [0.4, 0.5) is 0 Å². The molecule has 0 saturated heterocycles. The SMILES string of the molecule is Cc1cccc(C(C)C)c1-n1cc(-c2ccccc2)nc1Sc1nc(-c2ccccc2)cn1-c1c(C(C)C)cccc1C(C)C. The molecule has 6 aromatic rings. The van der Waals surface area contributed by atoms with Gasteiger partial charge in [-0.15, -0.1) is 0 Å². The summed E-state index contributed by atoms with van der Waals surface area (Å²) in [5.41, 5.74) is 11.7. The summed E-state index contributed by atoms with van der Waals surface area (Å²) < 4.78 is 4.61. The largest absolute Gasteiger partial charge is 0.293 e. The van der Waals surface area contributed by atoms with E-state index in [-0.39, 0.29) is 0 Å². The fourth-order valence-corrected chi connectivity index (χ4v) is 6.97. The molecule has 0 spiro atoms. The predicted octanol–water partition coefficient (Wildman–Crippen LogP) is 11.2. The van der Waals surface area contributed by atoms with Gasteiger partial charge in [-0.05, 0) is 58.7 Å². The smallest absolute Gasteiger partial charge is 0.181 e. The lowest BCUT2D eigenvalue weighted by Crippen LogP contribution is -2.08. The Bertz CT molecular complexity index is 1890. The second kappa shape index (κ2) is 12.9. The van der Waals surface area contributed by atoms with E-state index in [4.69, 9.17) is 9.97 Å². The van der Waals surface area contributed by atoms with Gasteiger partial charge in [0.25, 0.3) is 0 Å². The molecular formula is C40H42N4S. The first kappa shape index (κ1) is 30.7. The van der Waals surface area contributed by atoms with Crippen molar-refractivity contribution in [3.05, 3.63) is 132 Å². The third-order valence-electron chi connectivity index (χ3n) is 8.38. The van der Waals surface area contributed by atoms with Gasteiger partial charge in [-0.25, -0.2) is 9.97 Å². The van der Waals surface area contributed by atoms with Crippen LogP contribution in [0.1, 0.15) is 81.5 Å². The topological polar surface area (TPSA) is 35.6 Å². The van der Waals surface area contributed by atoms with E-state index in [0.29, 0.717) is 17.8 Å². The molecule has 4 aromatic carbocycles. The molecule has 6 rings (SSSR count). The van der Waals surface area contributed by atoms with E-state index in [0.717, 1.165) is 32.8 Å². The van der Waals surface area contributed by atoms with Gasteiger partial charge in [0.05, 0.1) is 22.8 Å². The van der Waals surface area contributed by atoms with Gasteiger partial charge >= 0.3 is 0 Å². The third kappa shape index (κ3) is 6.14. The second-order valence-corrected chi connectivity index (χ2v) is 13.6. The molecule has 45 heavy (non-hydrogen) atoms. The molecule has 0 saturated carbocycles. The number of benzene rings is 4. The molecule has 0 unspecified atom stereocenters. The fraction of sp³-hybridized carbons (Fsp3) is 0.250. The van der Waals surface area contributed by atoms with Gasteiger partial charge in [0.1, 0.15) is 0 Å². The number of para-hydroxylation sites is 2. The Kier molecular flexibility index (Phi) is 8.82. The Labute approximate surface area is 272 Å². The first-order valence-corrected chi connectivity index (χ1v) is 16.7. The number of hydrogen-bond acceptors (Lipinski definition) is 3. The Morgan fingerprint density at radius 3 is 1.33 bits per heavy atom. The van der Waals surface area contributed by atoms with Gasteiger partial charge in [-0.2, -0.15) is 0 Å². The highest BCUT2D eigenvalue weighted by molar-refractivity contribution is 7.99. The highest BCUT2D eigenvalue weighted by Gasteiger charge is 2.24. The molecule has 4 nitrogen and oxygen atoms in total. The third-order valence-corrected chi connectivity index (χ3v) is 9.33. The van der Waals surface area contributed by atoms with Gasteiger partial charge in [-0.1, -0.05) is 139 Å². The minimum Gasteiger partial charge on any atom is -0.293 e. The number of hydrogen-bond donors (Lipinski definition) is 0. The average Bonchev–Trinajstić information content (AvgIpc) is 3.66. The van der Waals surface area contributed by atoms with Crippen LogP contribution in [0.25, 0.3) is 33.9 Å². The van der Waals surface area contributed by atoms with Crippen LogP contribution < -0.4 is 0 Å². The van der Waals surface area contributed by atoms with Crippen LogP contribution in [-0.2, 0) is 0 Å². The lowest BCUT2D eigenvalue weighted by atomic mass is 9.92. The van der Waals surface area contributed by atoms with Crippen LogP contribution in [-0.4, -0.2) is 19.1 Å². The van der Waals surface area contributed by atoms with E-state index < -0.39 is 0 Å². The Hall–Kier alpha value is -4.35. The maximum atomic E-state index is 5.32. The summed E-state index contributed by atoms with van der Waals surface area (Å²) in [4.78, 5) is 10.6. The van der Waals surface area contributed by atoms with Crippen molar-refractivity contribution in [2.45, 2.75) is 76.5 Å². The number of nitrogens with zero attached hydrogens (tertiary/aromatic N) is 4. The number of aromatic nitrogens is 4. The normalized spacial score (nSPS) is 11.7. The number of rotatable bonds is 9.